The summed E-state index contributed by atoms with van der Waals surface area (Å²) in [4.78, 5) is 17.7. The molecule has 0 unspecified atom stereocenters. The van der Waals surface area contributed by atoms with Crippen LogP contribution in [0.25, 0.3) is 5.69 Å². The number of amides is 1. The molecule has 32 heavy (non-hydrogen) atoms. The maximum absolute atomic E-state index is 13.0. The fourth-order valence-corrected chi connectivity index (χ4v) is 5.92. The topological polar surface area (TPSA) is 54.3 Å². The summed E-state index contributed by atoms with van der Waals surface area (Å²) in [5, 5.41) is 9.46. The molecular weight excluding hydrogens is 418 g/mol. The second kappa shape index (κ2) is 10.8. The van der Waals surface area contributed by atoms with Gasteiger partial charge in [0.1, 0.15) is 5.82 Å². The Hall–Kier alpha value is -1.86. The van der Waals surface area contributed by atoms with E-state index in [0.717, 1.165) is 55.2 Å². The molecule has 1 saturated carbocycles. The molecule has 0 atom stereocenters. The molecule has 1 aliphatic carbocycles. The molecular formula is C25H37N5OS. The van der Waals surface area contributed by atoms with Crippen LogP contribution in [0.2, 0.25) is 0 Å². The lowest BCUT2D eigenvalue weighted by Crippen LogP contribution is -2.37. The second-order valence-corrected chi connectivity index (χ2v) is 10.4. The first-order valence-electron chi connectivity index (χ1n) is 12.1. The van der Waals surface area contributed by atoms with Gasteiger partial charge in [0, 0.05) is 26.2 Å². The number of aromatic nitrogens is 3. The third kappa shape index (κ3) is 5.73. The molecule has 1 saturated heterocycles. The lowest BCUT2D eigenvalue weighted by molar-refractivity contribution is -0.128. The van der Waals surface area contributed by atoms with Crippen molar-refractivity contribution in [3.63, 3.8) is 0 Å². The summed E-state index contributed by atoms with van der Waals surface area (Å²) in [5.41, 5.74) is 3.47. The Morgan fingerprint density at radius 3 is 2.62 bits per heavy atom. The molecule has 1 aromatic carbocycles. The molecule has 2 aromatic rings. The molecule has 0 N–H and O–H groups in total. The first kappa shape index (κ1) is 23.3. The minimum Gasteiger partial charge on any atom is -0.341 e. The van der Waals surface area contributed by atoms with Crippen LogP contribution in [-0.2, 0) is 4.79 Å². The smallest absolute Gasteiger partial charge is 0.233 e. The maximum Gasteiger partial charge on any atom is 0.233 e. The highest BCUT2D eigenvalue weighted by Gasteiger charge is 2.23. The summed E-state index contributed by atoms with van der Waals surface area (Å²) in [7, 11) is 0. The van der Waals surface area contributed by atoms with Crippen molar-refractivity contribution in [3.05, 3.63) is 35.2 Å². The number of carbonyl (C=O) groups is 1. The predicted octanol–water partition coefficient (Wildman–Crippen LogP) is 4.40. The molecule has 1 amide bonds. The molecule has 1 aliphatic heterocycles. The number of hydrogen-bond donors (Lipinski definition) is 0. The van der Waals surface area contributed by atoms with Crippen molar-refractivity contribution in [2.75, 3.05) is 38.5 Å². The van der Waals surface area contributed by atoms with E-state index in [1.807, 2.05) is 6.92 Å². The van der Waals surface area contributed by atoms with Crippen molar-refractivity contribution in [2.45, 2.75) is 64.5 Å². The molecule has 2 fully saturated rings. The molecule has 4 rings (SSSR count). The van der Waals surface area contributed by atoms with Crippen molar-refractivity contribution in [1.29, 1.82) is 0 Å². The Morgan fingerprint density at radius 2 is 1.81 bits per heavy atom. The molecule has 6 nitrogen and oxygen atoms in total. The van der Waals surface area contributed by atoms with Crippen molar-refractivity contribution >= 4 is 17.7 Å². The number of nitrogens with zero attached hydrogens (tertiary/aromatic N) is 5. The second-order valence-electron chi connectivity index (χ2n) is 9.48. The van der Waals surface area contributed by atoms with E-state index in [0.29, 0.717) is 5.75 Å². The van der Waals surface area contributed by atoms with E-state index in [2.05, 4.69) is 56.6 Å². The third-order valence-corrected chi connectivity index (χ3v) is 7.82. The van der Waals surface area contributed by atoms with E-state index < -0.39 is 0 Å². The van der Waals surface area contributed by atoms with Gasteiger partial charge in [0.15, 0.2) is 5.16 Å². The van der Waals surface area contributed by atoms with E-state index in [4.69, 9.17) is 0 Å². The van der Waals surface area contributed by atoms with Gasteiger partial charge in [-0.05, 0) is 69.7 Å². The number of benzene rings is 1. The SMILES string of the molecule is Cc1ccc(C)c(-n2c(C)nnc2SCC(=O)N2CCCN(CC3CCCCC3)CC2)c1. The monoisotopic (exact) mass is 455 g/mol. The van der Waals surface area contributed by atoms with Crippen LogP contribution in [0.5, 0.6) is 0 Å². The van der Waals surface area contributed by atoms with E-state index in [1.54, 1.807) is 0 Å². The van der Waals surface area contributed by atoms with Crippen LogP contribution >= 0.6 is 11.8 Å². The van der Waals surface area contributed by atoms with Gasteiger partial charge in [-0.25, -0.2) is 0 Å². The molecule has 2 heterocycles. The van der Waals surface area contributed by atoms with Gasteiger partial charge in [0.2, 0.25) is 5.91 Å². The molecule has 0 spiro atoms. The van der Waals surface area contributed by atoms with Crippen LogP contribution in [0.3, 0.4) is 0 Å². The summed E-state index contributed by atoms with van der Waals surface area (Å²) in [6.45, 7) is 11.2. The number of thioether (sulfide) groups is 1. The summed E-state index contributed by atoms with van der Waals surface area (Å²) in [5.74, 6) is 2.33. The average molecular weight is 456 g/mol. The highest BCUT2D eigenvalue weighted by Crippen LogP contribution is 2.26. The first-order valence-corrected chi connectivity index (χ1v) is 13.1. The van der Waals surface area contributed by atoms with E-state index in [1.165, 1.54) is 61.5 Å². The Balaban J connectivity index is 1.34. The number of rotatable bonds is 6. The number of aryl methyl sites for hydroxylation is 3. The largest absolute Gasteiger partial charge is 0.341 e. The van der Waals surface area contributed by atoms with Crippen molar-refractivity contribution in [2.24, 2.45) is 5.92 Å². The van der Waals surface area contributed by atoms with Crippen molar-refractivity contribution in [1.82, 2.24) is 24.6 Å². The molecule has 0 radical (unpaired) electrons. The molecule has 1 aromatic heterocycles. The zero-order valence-corrected chi connectivity index (χ0v) is 20.7. The van der Waals surface area contributed by atoms with Crippen LogP contribution < -0.4 is 0 Å². The highest BCUT2D eigenvalue weighted by atomic mass is 32.2. The van der Waals surface area contributed by atoms with Gasteiger partial charge < -0.3 is 9.80 Å². The minimum atomic E-state index is 0.211. The molecule has 174 valence electrons. The fourth-order valence-electron chi connectivity index (χ4n) is 5.03. The number of hydrogen-bond acceptors (Lipinski definition) is 5. The van der Waals surface area contributed by atoms with Crippen LogP contribution in [0.15, 0.2) is 23.4 Å². The molecule has 2 aliphatic rings. The Labute approximate surface area is 196 Å². The van der Waals surface area contributed by atoms with Gasteiger partial charge >= 0.3 is 0 Å². The zero-order valence-electron chi connectivity index (χ0n) is 19.8. The van der Waals surface area contributed by atoms with Crippen LogP contribution in [-0.4, -0.2) is 68.9 Å². The van der Waals surface area contributed by atoms with Gasteiger partial charge in [-0.2, -0.15) is 0 Å². The lowest BCUT2D eigenvalue weighted by atomic mass is 9.89. The van der Waals surface area contributed by atoms with Crippen molar-refractivity contribution in [3.8, 4) is 5.69 Å². The summed E-state index contributed by atoms with van der Waals surface area (Å²) in [6, 6.07) is 6.40. The predicted molar refractivity (Wildman–Crippen MR) is 131 cm³/mol. The maximum atomic E-state index is 13.0. The first-order chi connectivity index (χ1) is 15.5. The van der Waals surface area contributed by atoms with E-state index >= 15 is 0 Å². The fraction of sp³-hybridized carbons (Fsp3) is 0.640. The summed E-state index contributed by atoms with van der Waals surface area (Å²) >= 11 is 1.50. The van der Waals surface area contributed by atoms with Gasteiger partial charge in [0.05, 0.1) is 11.4 Å². The van der Waals surface area contributed by atoms with Crippen molar-refractivity contribution < 1.29 is 4.79 Å². The Bertz CT molecular complexity index is 921. The molecule has 0 bridgehead atoms. The zero-order chi connectivity index (χ0) is 22.5. The standard InChI is InChI=1S/C25H37N5OS/c1-19-10-11-20(2)23(16-19)30-21(3)26-27-25(30)32-18-24(31)29-13-7-12-28(14-15-29)17-22-8-5-4-6-9-22/h10-11,16,22H,4-9,12-15,17-18H2,1-3H3. The summed E-state index contributed by atoms with van der Waals surface area (Å²) < 4.78 is 2.08. The number of carbonyl (C=O) groups excluding carboxylic acids is 1. The van der Waals surface area contributed by atoms with Crippen LogP contribution in [0, 0.1) is 26.7 Å². The van der Waals surface area contributed by atoms with Gasteiger partial charge in [-0.1, -0.05) is 43.2 Å². The average Bonchev–Trinajstić information content (AvgIpc) is 3.00. The Kier molecular flexibility index (Phi) is 7.89. The van der Waals surface area contributed by atoms with Gasteiger partial charge in [-0.3, -0.25) is 9.36 Å². The Morgan fingerprint density at radius 1 is 1.00 bits per heavy atom. The summed E-state index contributed by atoms with van der Waals surface area (Å²) in [6.07, 6.45) is 8.04. The van der Waals surface area contributed by atoms with E-state index in [9.17, 15) is 4.79 Å². The third-order valence-electron chi connectivity index (χ3n) is 6.91. The molecule has 7 heteroatoms. The van der Waals surface area contributed by atoms with Crippen LogP contribution in [0.4, 0.5) is 0 Å². The van der Waals surface area contributed by atoms with E-state index in [-0.39, 0.29) is 5.91 Å². The highest BCUT2D eigenvalue weighted by molar-refractivity contribution is 7.99. The van der Waals surface area contributed by atoms with Gasteiger partial charge in [-0.15, -0.1) is 10.2 Å². The minimum absolute atomic E-state index is 0.211. The van der Waals surface area contributed by atoms with Crippen LogP contribution in [0.1, 0.15) is 55.5 Å². The normalized spacial score (nSPS) is 18.7. The quantitative estimate of drug-likeness (QED) is 0.605. The van der Waals surface area contributed by atoms with Gasteiger partial charge in [0.25, 0.3) is 0 Å². The lowest BCUT2D eigenvalue weighted by Gasteiger charge is -2.28.